The number of aromatic nitrogens is 3. The molecule has 0 aliphatic rings. The second kappa shape index (κ2) is 4.13. The largest absolute Gasteiger partial charge is 0.229 e. The smallest absolute Gasteiger partial charge is 0.182 e. The number of nitrogens with zero attached hydrogens (tertiary/aromatic N) is 3. The van der Waals surface area contributed by atoms with Gasteiger partial charge in [0.15, 0.2) is 5.82 Å². The van der Waals surface area contributed by atoms with Crippen LogP contribution in [0.5, 0.6) is 0 Å². The molecule has 1 radical (unpaired) electrons. The Morgan fingerprint density at radius 1 is 1.13 bits per heavy atom. The van der Waals surface area contributed by atoms with Gasteiger partial charge in [0.25, 0.3) is 0 Å². The van der Waals surface area contributed by atoms with E-state index in [-0.39, 0.29) is 0 Å². The number of rotatable bonds is 1. The molecule has 0 saturated heterocycles. The summed E-state index contributed by atoms with van der Waals surface area (Å²) in [5, 5.41) is 8.65. The third-order valence-electron chi connectivity index (χ3n) is 1.75. The van der Waals surface area contributed by atoms with E-state index in [1.807, 2.05) is 0 Å². The molecule has 0 N–H and O–H groups in total. The number of hydrogen-bond acceptors (Lipinski definition) is 3. The van der Waals surface area contributed by atoms with Crippen molar-refractivity contribution < 1.29 is 0 Å². The van der Waals surface area contributed by atoms with Crippen molar-refractivity contribution in [3.63, 3.8) is 0 Å². The van der Waals surface area contributed by atoms with E-state index >= 15 is 0 Å². The minimum atomic E-state index is 0.496. The maximum Gasteiger partial charge on any atom is 0.182 e. The monoisotopic (exact) mass is 238 g/mol. The summed E-state index contributed by atoms with van der Waals surface area (Å²) in [6, 6.07) is 5.13. The van der Waals surface area contributed by atoms with Gasteiger partial charge in [-0.2, -0.15) is 0 Å². The van der Waals surface area contributed by atoms with Crippen molar-refractivity contribution in [3.05, 3.63) is 40.1 Å². The molecule has 1 aromatic carbocycles. The van der Waals surface area contributed by atoms with Crippen LogP contribution in [0.1, 0.15) is 5.69 Å². The Labute approximate surface area is 97.1 Å². The van der Waals surface area contributed by atoms with E-state index < -0.39 is 0 Å². The van der Waals surface area contributed by atoms with Gasteiger partial charge in [-0.3, -0.25) is 0 Å². The fourth-order valence-corrected chi connectivity index (χ4v) is 1.68. The summed E-state index contributed by atoms with van der Waals surface area (Å²) >= 11 is 11.7. The SMILES string of the molecule is Cc1[c]nnc(-c2cc(Cl)cc(Cl)c2)n1. The maximum absolute atomic E-state index is 5.87. The Morgan fingerprint density at radius 3 is 2.40 bits per heavy atom. The highest BCUT2D eigenvalue weighted by Crippen LogP contribution is 2.24. The van der Waals surface area contributed by atoms with Crippen LogP contribution in [0.15, 0.2) is 18.2 Å². The quantitative estimate of drug-likeness (QED) is 0.767. The third-order valence-corrected chi connectivity index (χ3v) is 2.19. The van der Waals surface area contributed by atoms with Crippen molar-refractivity contribution in [3.8, 4) is 11.4 Å². The lowest BCUT2D eigenvalue weighted by Crippen LogP contribution is -1.94. The Balaban J connectivity index is 2.54. The summed E-state index contributed by atoms with van der Waals surface area (Å²) in [5.41, 5.74) is 1.42. The van der Waals surface area contributed by atoms with E-state index in [9.17, 15) is 0 Å². The van der Waals surface area contributed by atoms with Gasteiger partial charge in [0, 0.05) is 15.6 Å². The first kappa shape index (κ1) is 10.3. The van der Waals surface area contributed by atoms with Gasteiger partial charge in [-0.1, -0.05) is 23.2 Å². The van der Waals surface area contributed by atoms with Gasteiger partial charge in [-0.15, -0.1) is 10.2 Å². The normalized spacial score (nSPS) is 10.3. The molecule has 0 aliphatic heterocycles. The van der Waals surface area contributed by atoms with E-state index in [1.54, 1.807) is 25.1 Å². The summed E-state index contributed by atoms with van der Waals surface area (Å²) in [5.74, 6) is 0.496. The van der Waals surface area contributed by atoms with Crippen LogP contribution < -0.4 is 0 Å². The van der Waals surface area contributed by atoms with Crippen LogP contribution in [-0.2, 0) is 0 Å². The molecule has 2 aromatic rings. The molecule has 2 rings (SSSR count). The third kappa shape index (κ3) is 2.43. The average molecular weight is 239 g/mol. The van der Waals surface area contributed by atoms with Crippen molar-refractivity contribution in [2.24, 2.45) is 0 Å². The molecule has 75 valence electrons. The van der Waals surface area contributed by atoms with Crippen LogP contribution in [0.25, 0.3) is 11.4 Å². The zero-order valence-electron chi connectivity index (χ0n) is 7.83. The van der Waals surface area contributed by atoms with Crippen molar-refractivity contribution in [2.45, 2.75) is 6.92 Å². The lowest BCUT2D eigenvalue weighted by molar-refractivity contribution is 0.942. The molecular formula is C10H6Cl2N3. The van der Waals surface area contributed by atoms with Crippen LogP contribution in [0.3, 0.4) is 0 Å². The molecule has 5 heteroatoms. The van der Waals surface area contributed by atoms with E-state index in [0.29, 0.717) is 21.6 Å². The van der Waals surface area contributed by atoms with Gasteiger partial charge in [-0.25, -0.2) is 4.98 Å². The molecule has 0 aliphatic carbocycles. The van der Waals surface area contributed by atoms with E-state index in [0.717, 1.165) is 5.56 Å². The van der Waals surface area contributed by atoms with Crippen LogP contribution in [0.2, 0.25) is 10.0 Å². The van der Waals surface area contributed by atoms with Crippen LogP contribution in [0, 0.1) is 13.1 Å². The van der Waals surface area contributed by atoms with Crippen molar-refractivity contribution >= 4 is 23.2 Å². The predicted molar refractivity (Wildman–Crippen MR) is 58.9 cm³/mol. The highest BCUT2D eigenvalue weighted by molar-refractivity contribution is 6.35. The van der Waals surface area contributed by atoms with Crippen LogP contribution >= 0.6 is 23.2 Å². The Hall–Kier alpha value is -1.19. The van der Waals surface area contributed by atoms with Gasteiger partial charge in [0.05, 0.1) is 5.69 Å². The van der Waals surface area contributed by atoms with Gasteiger partial charge in [0.2, 0.25) is 0 Å². The molecule has 3 nitrogen and oxygen atoms in total. The first-order chi connectivity index (χ1) is 7.15. The van der Waals surface area contributed by atoms with Gasteiger partial charge >= 0.3 is 0 Å². The molecule has 1 heterocycles. The first-order valence-electron chi connectivity index (χ1n) is 4.20. The lowest BCUT2D eigenvalue weighted by atomic mass is 10.2. The van der Waals surface area contributed by atoms with E-state index in [1.165, 1.54) is 0 Å². The Kier molecular flexibility index (Phi) is 2.84. The topological polar surface area (TPSA) is 38.7 Å². The van der Waals surface area contributed by atoms with E-state index in [2.05, 4.69) is 21.4 Å². The average Bonchev–Trinajstić information content (AvgIpc) is 2.16. The highest BCUT2D eigenvalue weighted by atomic mass is 35.5. The van der Waals surface area contributed by atoms with Crippen molar-refractivity contribution in [1.82, 2.24) is 15.2 Å². The summed E-state index contributed by atoms with van der Waals surface area (Å²) in [7, 11) is 0. The fourth-order valence-electron chi connectivity index (χ4n) is 1.16. The predicted octanol–water partition coefficient (Wildman–Crippen LogP) is 2.95. The van der Waals surface area contributed by atoms with Gasteiger partial charge in [-0.05, 0) is 25.1 Å². The van der Waals surface area contributed by atoms with Gasteiger partial charge in [0.1, 0.15) is 6.20 Å². The standard InChI is InChI=1S/C10H6Cl2N3/c1-6-5-13-15-10(14-6)7-2-8(11)4-9(12)3-7/h2-4H,1H3. The number of halogens is 2. The zero-order chi connectivity index (χ0) is 10.8. The van der Waals surface area contributed by atoms with Crippen LogP contribution in [-0.4, -0.2) is 15.2 Å². The summed E-state index contributed by atoms with van der Waals surface area (Å²) in [4.78, 5) is 4.18. The minimum Gasteiger partial charge on any atom is -0.229 e. The Morgan fingerprint density at radius 2 is 1.80 bits per heavy atom. The fraction of sp³-hybridized carbons (Fsp3) is 0.100. The minimum absolute atomic E-state index is 0.496. The van der Waals surface area contributed by atoms with E-state index in [4.69, 9.17) is 23.2 Å². The molecule has 0 fully saturated rings. The van der Waals surface area contributed by atoms with Crippen molar-refractivity contribution in [2.75, 3.05) is 0 Å². The lowest BCUT2D eigenvalue weighted by Gasteiger charge is -2.01. The zero-order valence-corrected chi connectivity index (χ0v) is 9.34. The summed E-state index contributed by atoms with van der Waals surface area (Å²) in [6.07, 6.45) is 2.63. The molecule has 0 spiro atoms. The molecule has 15 heavy (non-hydrogen) atoms. The molecule has 1 aromatic heterocycles. The Bertz CT molecular complexity index is 480. The number of hydrogen-bond donors (Lipinski definition) is 0. The summed E-state index contributed by atoms with van der Waals surface area (Å²) < 4.78 is 0. The summed E-state index contributed by atoms with van der Waals surface area (Å²) in [6.45, 7) is 1.80. The maximum atomic E-state index is 5.87. The number of benzene rings is 1. The van der Waals surface area contributed by atoms with Crippen molar-refractivity contribution in [1.29, 1.82) is 0 Å². The molecule has 0 saturated carbocycles. The molecule has 0 bridgehead atoms. The second-order valence-corrected chi connectivity index (χ2v) is 3.86. The molecular weight excluding hydrogens is 233 g/mol. The molecule has 0 unspecified atom stereocenters. The first-order valence-corrected chi connectivity index (χ1v) is 4.96. The second-order valence-electron chi connectivity index (χ2n) is 2.99. The van der Waals surface area contributed by atoms with Crippen LogP contribution in [0.4, 0.5) is 0 Å². The molecule has 0 amide bonds. The highest BCUT2D eigenvalue weighted by Gasteiger charge is 2.04. The number of aryl methyl sites for hydroxylation is 1. The molecule has 0 atom stereocenters. The van der Waals surface area contributed by atoms with Gasteiger partial charge < -0.3 is 0 Å².